The first kappa shape index (κ1) is 21.3. The molecule has 8 heteroatoms. The molecular formula is C23H22BrN3O4. The third-order valence-corrected chi connectivity index (χ3v) is 6.10. The summed E-state index contributed by atoms with van der Waals surface area (Å²) in [7, 11) is 1.54. The minimum Gasteiger partial charge on any atom is -0.505 e. The summed E-state index contributed by atoms with van der Waals surface area (Å²) < 4.78 is 7.87. The number of aliphatic hydroxyl groups is 1. The van der Waals surface area contributed by atoms with Crippen molar-refractivity contribution in [3.63, 3.8) is 0 Å². The molecule has 3 aromatic rings. The van der Waals surface area contributed by atoms with Crippen molar-refractivity contribution in [2.45, 2.75) is 19.9 Å². The zero-order valence-electron chi connectivity index (χ0n) is 17.4. The van der Waals surface area contributed by atoms with Gasteiger partial charge in [0.2, 0.25) is 0 Å². The summed E-state index contributed by atoms with van der Waals surface area (Å²) >= 11 is 3.41. The van der Waals surface area contributed by atoms with E-state index < -0.39 is 17.7 Å². The molecule has 160 valence electrons. The van der Waals surface area contributed by atoms with Crippen molar-refractivity contribution in [2.24, 2.45) is 0 Å². The molecule has 1 amide bonds. The molecule has 1 aliphatic heterocycles. The van der Waals surface area contributed by atoms with E-state index in [1.165, 1.54) is 12.0 Å². The lowest BCUT2D eigenvalue weighted by molar-refractivity contribution is -0.140. The summed E-state index contributed by atoms with van der Waals surface area (Å²) in [6.45, 7) is 4.25. The first-order valence-electron chi connectivity index (χ1n) is 9.82. The van der Waals surface area contributed by atoms with E-state index in [4.69, 9.17) is 4.74 Å². The van der Waals surface area contributed by atoms with E-state index in [1.54, 1.807) is 0 Å². The van der Waals surface area contributed by atoms with Crippen molar-refractivity contribution >= 4 is 39.0 Å². The number of carbonyl (C=O) groups is 2. The smallest absolute Gasteiger partial charge is 0.295 e. The number of Topliss-reactive ketones (excluding diaryl/α,β-unsaturated/α-hetero) is 1. The summed E-state index contributed by atoms with van der Waals surface area (Å²) in [5.74, 6) is -1.66. The summed E-state index contributed by atoms with van der Waals surface area (Å²) in [4.78, 5) is 31.9. The van der Waals surface area contributed by atoms with Gasteiger partial charge in [-0.15, -0.1) is 0 Å². The molecule has 1 aromatic carbocycles. The molecule has 0 spiro atoms. The van der Waals surface area contributed by atoms with Crippen LogP contribution in [0.1, 0.15) is 28.6 Å². The van der Waals surface area contributed by atoms with E-state index in [2.05, 4.69) is 20.9 Å². The van der Waals surface area contributed by atoms with Crippen LogP contribution in [-0.4, -0.2) is 51.3 Å². The van der Waals surface area contributed by atoms with Crippen LogP contribution in [0.25, 0.3) is 11.4 Å². The number of aromatic nitrogens is 2. The minimum absolute atomic E-state index is 0.0348. The number of methoxy groups -OCH3 is 1. The fourth-order valence-electron chi connectivity index (χ4n) is 3.97. The number of aryl methyl sites for hydroxylation is 2. The van der Waals surface area contributed by atoms with Crippen LogP contribution in [0.5, 0.6) is 0 Å². The minimum atomic E-state index is -0.728. The molecule has 0 aliphatic carbocycles. The summed E-state index contributed by atoms with van der Waals surface area (Å²) in [5, 5.41) is 11.3. The van der Waals surface area contributed by atoms with Crippen LogP contribution in [0.15, 0.2) is 52.6 Å². The van der Waals surface area contributed by atoms with Crippen molar-refractivity contribution in [3.8, 4) is 0 Å². The fourth-order valence-corrected chi connectivity index (χ4v) is 4.23. The van der Waals surface area contributed by atoms with Gasteiger partial charge in [-0.3, -0.25) is 9.59 Å². The second-order valence-corrected chi connectivity index (χ2v) is 8.38. The number of rotatable bonds is 5. The number of pyridine rings is 1. The van der Waals surface area contributed by atoms with Gasteiger partial charge in [0.1, 0.15) is 11.3 Å². The maximum absolute atomic E-state index is 13.0. The van der Waals surface area contributed by atoms with Crippen molar-refractivity contribution in [3.05, 3.63) is 75.2 Å². The Morgan fingerprint density at radius 2 is 1.90 bits per heavy atom. The monoisotopic (exact) mass is 483 g/mol. The van der Waals surface area contributed by atoms with Crippen molar-refractivity contribution in [1.82, 2.24) is 14.3 Å². The Bertz CT molecular complexity index is 1210. The Morgan fingerprint density at radius 3 is 2.55 bits per heavy atom. The number of likely N-dealkylation sites (tertiary alicyclic amines) is 1. The average Bonchev–Trinajstić information content (AvgIpc) is 3.22. The van der Waals surface area contributed by atoms with Gasteiger partial charge in [-0.1, -0.05) is 34.1 Å². The second-order valence-electron chi connectivity index (χ2n) is 7.47. The summed E-state index contributed by atoms with van der Waals surface area (Å²) in [6, 6.07) is 10.4. The molecule has 3 heterocycles. The lowest BCUT2D eigenvalue weighted by Gasteiger charge is -2.25. The molecule has 1 saturated heterocycles. The van der Waals surface area contributed by atoms with Gasteiger partial charge in [0.05, 0.1) is 23.9 Å². The molecule has 0 bridgehead atoms. The van der Waals surface area contributed by atoms with Gasteiger partial charge >= 0.3 is 0 Å². The number of fused-ring (bicyclic) bond motifs is 1. The molecule has 0 radical (unpaired) electrons. The van der Waals surface area contributed by atoms with E-state index in [1.807, 2.05) is 60.8 Å². The first-order valence-corrected chi connectivity index (χ1v) is 10.6. The Labute approximate surface area is 188 Å². The summed E-state index contributed by atoms with van der Waals surface area (Å²) in [6.07, 6.45) is 1.85. The molecule has 7 nitrogen and oxygen atoms in total. The zero-order chi connectivity index (χ0) is 22.3. The Hall–Kier alpha value is -2.97. The molecule has 4 rings (SSSR count). The number of carbonyl (C=O) groups excluding carboxylic acids is 2. The van der Waals surface area contributed by atoms with Gasteiger partial charge in [0.25, 0.3) is 11.7 Å². The van der Waals surface area contributed by atoms with E-state index in [9.17, 15) is 14.7 Å². The Morgan fingerprint density at radius 1 is 1.19 bits per heavy atom. The highest BCUT2D eigenvalue weighted by atomic mass is 79.9. The third kappa shape index (κ3) is 3.55. The lowest BCUT2D eigenvalue weighted by atomic mass is 9.96. The predicted octanol–water partition coefficient (Wildman–Crippen LogP) is 3.78. The van der Waals surface area contributed by atoms with Crippen LogP contribution in [0.4, 0.5) is 0 Å². The predicted molar refractivity (Wildman–Crippen MR) is 120 cm³/mol. The quantitative estimate of drug-likeness (QED) is 0.339. The molecular weight excluding hydrogens is 462 g/mol. The average molecular weight is 484 g/mol. The number of ether oxygens (including phenoxy) is 1. The van der Waals surface area contributed by atoms with Crippen molar-refractivity contribution < 1.29 is 19.4 Å². The SMILES string of the molecule is COCCN1C(=O)C(=O)/C(=C(/O)c2nc3c(C)cccn3c2C)C1c1ccc(Br)cc1. The molecule has 1 atom stereocenters. The van der Waals surface area contributed by atoms with E-state index in [0.717, 1.165) is 15.6 Å². The van der Waals surface area contributed by atoms with Crippen LogP contribution in [0.3, 0.4) is 0 Å². The fraction of sp³-hybridized carbons (Fsp3) is 0.261. The van der Waals surface area contributed by atoms with E-state index >= 15 is 0 Å². The maximum Gasteiger partial charge on any atom is 0.295 e. The molecule has 1 unspecified atom stereocenters. The van der Waals surface area contributed by atoms with E-state index in [0.29, 0.717) is 17.0 Å². The highest BCUT2D eigenvalue weighted by Crippen LogP contribution is 2.40. The first-order chi connectivity index (χ1) is 14.8. The van der Waals surface area contributed by atoms with Crippen molar-refractivity contribution in [2.75, 3.05) is 20.3 Å². The molecule has 1 N–H and O–H groups in total. The summed E-state index contributed by atoms with van der Waals surface area (Å²) in [5.41, 5.74) is 3.37. The molecule has 31 heavy (non-hydrogen) atoms. The van der Waals surface area contributed by atoms with Crippen LogP contribution in [0.2, 0.25) is 0 Å². The molecule has 2 aromatic heterocycles. The number of amides is 1. The van der Waals surface area contributed by atoms with Gasteiger partial charge in [0.15, 0.2) is 5.76 Å². The van der Waals surface area contributed by atoms with Crippen LogP contribution in [0, 0.1) is 13.8 Å². The molecule has 1 fully saturated rings. The zero-order valence-corrected chi connectivity index (χ0v) is 19.0. The number of halogens is 1. The van der Waals surface area contributed by atoms with E-state index in [-0.39, 0.29) is 24.5 Å². The second kappa shape index (κ2) is 8.28. The number of nitrogens with zero attached hydrogens (tertiary/aromatic N) is 3. The molecule has 1 aliphatic rings. The van der Waals surface area contributed by atoms with Crippen LogP contribution in [-0.2, 0) is 14.3 Å². The number of hydrogen-bond acceptors (Lipinski definition) is 5. The van der Waals surface area contributed by atoms with Crippen LogP contribution < -0.4 is 0 Å². The highest BCUT2D eigenvalue weighted by molar-refractivity contribution is 9.10. The standard InChI is InChI=1S/C23H22BrN3O4/c1-13-5-4-10-26-14(2)18(25-22(13)26)20(28)17-19(15-6-8-16(24)9-7-15)27(11-12-31-3)23(30)21(17)29/h4-10,19,28H,11-12H2,1-3H3/b20-17+. The number of imidazole rings is 1. The topological polar surface area (TPSA) is 84.1 Å². The van der Waals surface area contributed by atoms with Crippen molar-refractivity contribution in [1.29, 1.82) is 0 Å². The van der Waals surface area contributed by atoms with Gasteiger partial charge in [0, 0.05) is 24.3 Å². The van der Waals surface area contributed by atoms with Gasteiger partial charge < -0.3 is 19.1 Å². The van der Waals surface area contributed by atoms with Gasteiger partial charge in [-0.2, -0.15) is 0 Å². The number of aliphatic hydroxyl groups excluding tert-OH is 1. The Balaban J connectivity index is 1.93. The number of hydrogen-bond donors (Lipinski definition) is 1. The molecule has 0 saturated carbocycles. The highest BCUT2D eigenvalue weighted by Gasteiger charge is 2.46. The normalized spacial score (nSPS) is 18.3. The number of benzene rings is 1. The lowest BCUT2D eigenvalue weighted by Crippen LogP contribution is -2.32. The Kier molecular flexibility index (Phi) is 5.68. The maximum atomic E-state index is 13.0. The largest absolute Gasteiger partial charge is 0.505 e. The van der Waals surface area contributed by atoms with Gasteiger partial charge in [-0.05, 0) is 43.2 Å². The van der Waals surface area contributed by atoms with Crippen LogP contribution >= 0.6 is 15.9 Å². The third-order valence-electron chi connectivity index (χ3n) is 5.57. The van der Waals surface area contributed by atoms with Gasteiger partial charge in [-0.25, -0.2) is 4.98 Å². The number of ketones is 1.